The number of nitrogen functional groups attached to an aromatic ring is 1. The molecule has 0 aliphatic rings. The van der Waals surface area contributed by atoms with Gasteiger partial charge >= 0.3 is 0 Å². The van der Waals surface area contributed by atoms with E-state index in [-0.39, 0.29) is 6.04 Å². The maximum absolute atomic E-state index is 8.58. The Kier molecular flexibility index (Phi) is 3.29. The van der Waals surface area contributed by atoms with E-state index in [1.165, 1.54) is 0 Å². The average Bonchev–Trinajstić information content (AvgIpc) is 2.18. The fraction of sp³-hybridized carbons (Fsp3) is 0.400. The Morgan fingerprint density at radius 3 is 3.00 bits per heavy atom. The first-order valence-electron chi connectivity index (χ1n) is 4.46. The lowest BCUT2D eigenvalue weighted by Crippen LogP contribution is -2.29. The lowest BCUT2D eigenvalue weighted by atomic mass is 10.2. The summed E-state index contributed by atoms with van der Waals surface area (Å²) < 4.78 is 0. The van der Waals surface area contributed by atoms with Crippen LogP contribution in [0.15, 0.2) is 18.5 Å². The first-order valence-corrected chi connectivity index (χ1v) is 4.46. The van der Waals surface area contributed by atoms with Crippen LogP contribution < -0.4 is 10.6 Å². The van der Waals surface area contributed by atoms with Crippen molar-refractivity contribution in [3.05, 3.63) is 18.5 Å². The van der Waals surface area contributed by atoms with Crippen molar-refractivity contribution in [3.8, 4) is 6.07 Å². The SMILES string of the molecule is CC(CC#N)N(C)c1ccncc1N. The quantitative estimate of drug-likeness (QED) is 0.782. The van der Waals surface area contributed by atoms with Gasteiger partial charge in [0, 0.05) is 19.3 Å². The maximum Gasteiger partial charge on any atom is 0.0738 e. The molecular weight excluding hydrogens is 176 g/mol. The van der Waals surface area contributed by atoms with Gasteiger partial charge in [-0.15, -0.1) is 0 Å². The summed E-state index contributed by atoms with van der Waals surface area (Å²) in [5.41, 5.74) is 7.33. The molecule has 0 radical (unpaired) electrons. The van der Waals surface area contributed by atoms with Crippen LogP contribution >= 0.6 is 0 Å². The molecule has 1 aromatic heterocycles. The molecule has 14 heavy (non-hydrogen) atoms. The summed E-state index contributed by atoms with van der Waals surface area (Å²) >= 11 is 0. The molecule has 1 atom stereocenters. The van der Waals surface area contributed by atoms with Crippen LogP contribution in [-0.4, -0.2) is 18.1 Å². The zero-order valence-electron chi connectivity index (χ0n) is 8.44. The summed E-state index contributed by atoms with van der Waals surface area (Å²) in [4.78, 5) is 5.90. The molecule has 0 amide bonds. The van der Waals surface area contributed by atoms with Gasteiger partial charge in [0.1, 0.15) is 0 Å². The van der Waals surface area contributed by atoms with Crippen molar-refractivity contribution < 1.29 is 0 Å². The number of hydrogen-bond acceptors (Lipinski definition) is 4. The molecule has 4 nitrogen and oxygen atoms in total. The monoisotopic (exact) mass is 190 g/mol. The van der Waals surface area contributed by atoms with Crippen LogP contribution in [0.3, 0.4) is 0 Å². The number of nitriles is 1. The molecule has 1 rings (SSSR count). The van der Waals surface area contributed by atoms with Gasteiger partial charge in [0.05, 0.1) is 30.1 Å². The standard InChI is InChI=1S/C10H14N4/c1-8(3-5-11)14(2)10-4-6-13-7-9(10)12/h4,6-8H,3,12H2,1-2H3. The molecule has 0 aliphatic heterocycles. The topological polar surface area (TPSA) is 65.9 Å². The number of hydrogen-bond donors (Lipinski definition) is 1. The van der Waals surface area contributed by atoms with Crippen molar-refractivity contribution in [2.24, 2.45) is 0 Å². The Balaban J connectivity index is 2.84. The highest BCUT2D eigenvalue weighted by molar-refractivity contribution is 5.65. The first kappa shape index (κ1) is 10.3. The average molecular weight is 190 g/mol. The molecule has 4 heteroatoms. The van der Waals surface area contributed by atoms with Gasteiger partial charge in [-0.25, -0.2) is 0 Å². The van der Waals surface area contributed by atoms with Gasteiger partial charge in [0.25, 0.3) is 0 Å². The van der Waals surface area contributed by atoms with E-state index in [1.54, 1.807) is 12.4 Å². The van der Waals surface area contributed by atoms with Crippen LogP contribution in [0.25, 0.3) is 0 Å². The Bertz CT molecular complexity index is 342. The van der Waals surface area contributed by atoms with Crippen molar-refractivity contribution in [1.82, 2.24) is 4.98 Å². The van der Waals surface area contributed by atoms with E-state index in [0.29, 0.717) is 12.1 Å². The zero-order chi connectivity index (χ0) is 10.6. The highest BCUT2D eigenvalue weighted by Crippen LogP contribution is 2.22. The normalized spacial score (nSPS) is 11.8. The summed E-state index contributed by atoms with van der Waals surface area (Å²) in [5, 5.41) is 8.58. The molecule has 0 aliphatic carbocycles. The number of aromatic nitrogens is 1. The van der Waals surface area contributed by atoms with E-state index in [4.69, 9.17) is 11.0 Å². The van der Waals surface area contributed by atoms with E-state index in [9.17, 15) is 0 Å². The zero-order valence-corrected chi connectivity index (χ0v) is 8.44. The third kappa shape index (κ3) is 2.13. The van der Waals surface area contributed by atoms with Gasteiger partial charge in [0.15, 0.2) is 0 Å². The first-order chi connectivity index (χ1) is 6.66. The number of anilines is 2. The van der Waals surface area contributed by atoms with Gasteiger partial charge in [-0.2, -0.15) is 5.26 Å². The van der Waals surface area contributed by atoms with Gasteiger partial charge in [0.2, 0.25) is 0 Å². The van der Waals surface area contributed by atoms with Crippen molar-refractivity contribution in [3.63, 3.8) is 0 Å². The molecule has 0 saturated carbocycles. The van der Waals surface area contributed by atoms with Crippen molar-refractivity contribution in [2.75, 3.05) is 17.7 Å². The number of pyridine rings is 1. The molecule has 0 spiro atoms. The van der Waals surface area contributed by atoms with E-state index >= 15 is 0 Å². The predicted octanol–water partition coefficient (Wildman–Crippen LogP) is 1.40. The van der Waals surface area contributed by atoms with Gasteiger partial charge in [-0.1, -0.05) is 0 Å². The Hall–Kier alpha value is -1.76. The van der Waals surface area contributed by atoms with Gasteiger partial charge < -0.3 is 10.6 Å². The second-order valence-electron chi connectivity index (χ2n) is 3.26. The summed E-state index contributed by atoms with van der Waals surface area (Å²) in [5.74, 6) is 0. The van der Waals surface area contributed by atoms with Crippen LogP contribution in [0.4, 0.5) is 11.4 Å². The molecule has 1 unspecified atom stereocenters. The fourth-order valence-electron chi connectivity index (χ4n) is 1.23. The summed E-state index contributed by atoms with van der Waals surface area (Å²) in [6, 6.07) is 4.15. The third-order valence-corrected chi connectivity index (χ3v) is 2.26. The minimum absolute atomic E-state index is 0.157. The van der Waals surface area contributed by atoms with Gasteiger partial charge in [-0.3, -0.25) is 4.98 Å². The van der Waals surface area contributed by atoms with E-state index in [0.717, 1.165) is 5.69 Å². The van der Waals surface area contributed by atoms with E-state index < -0.39 is 0 Å². The molecular formula is C10H14N4. The second kappa shape index (κ2) is 4.47. The van der Waals surface area contributed by atoms with Crippen LogP contribution in [0.5, 0.6) is 0 Å². The van der Waals surface area contributed by atoms with Crippen LogP contribution in [0.2, 0.25) is 0 Å². The minimum atomic E-state index is 0.157. The van der Waals surface area contributed by atoms with Crippen LogP contribution in [0, 0.1) is 11.3 Å². The molecule has 0 saturated heterocycles. The molecule has 74 valence electrons. The number of rotatable bonds is 3. The third-order valence-electron chi connectivity index (χ3n) is 2.26. The number of nitrogens with two attached hydrogens (primary N) is 1. The molecule has 0 bridgehead atoms. The lowest BCUT2D eigenvalue weighted by Gasteiger charge is -2.26. The van der Waals surface area contributed by atoms with Gasteiger partial charge in [-0.05, 0) is 13.0 Å². The smallest absolute Gasteiger partial charge is 0.0738 e. The summed E-state index contributed by atoms with van der Waals surface area (Å²) in [6.45, 7) is 1.99. The predicted molar refractivity (Wildman–Crippen MR) is 56.7 cm³/mol. The Labute approximate surface area is 84.0 Å². The van der Waals surface area contributed by atoms with Crippen LogP contribution in [-0.2, 0) is 0 Å². The van der Waals surface area contributed by atoms with Crippen molar-refractivity contribution >= 4 is 11.4 Å². The fourth-order valence-corrected chi connectivity index (χ4v) is 1.23. The molecule has 2 N–H and O–H groups in total. The van der Waals surface area contributed by atoms with Crippen molar-refractivity contribution in [1.29, 1.82) is 5.26 Å². The molecule has 1 aromatic rings. The van der Waals surface area contributed by atoms with E-state index in [2.05, 4.69) is 11.1 Å². The second-order valence-corrected chi connectivity index (χ2v) is 3.26. The molecule has 1 heterocycles. The maximum atomic E-state index is 8.58. The summed E-state index contributed by atoms with van der Waals surface area (Å²) in [6.07, 6.45) is 3.80. The number of nitrogens with zero attached hydrogens (tertiary/aromatic N) is 3. The van der Waals surface area contributed by atoms with Crippen LogP contribution in [0.1, 0.15) is 13.3 Å². The summed E-state index contributed by atoms with van der Waals surface area (Å²) in [7, 11) is 1.92. The highest BCUT2D eigenvalue weighted by Gasteiger charge is 2.11. The highest BCUT2D eigenvalue weighted by atomic mass is 15.1. The molecule has 0 fully saturated rings. The lowest BCUT2D eigenvalue weighted by molar-refractivity contribution is 0.703. The largest absolute Gasteiger partial charge is 0.396 e. The minimum Gasteiger partial charge on any atom is -0.396 e. The Morgan fingerprint density at radius 2 is 2.43 bits per heavy atom. The van der Waals surface area contributed by atoms with Crippen molar-refractivity contribution in [2.45, 2.75) is 19.4 Å². The molecule has 0 aromatic carbocycles. The Morgan fingerprint density at radius 1 is 1.71 bits per heavy atom. The van der Waals surface area contributed by atoms with E-state index in [1.807, 2.05) is 24.9 Å².